The Morgan fingerprint density at radius 1 is 1.22 bits per heavy atom. The lowest BCUT2D eigenvalue weighted by Crippen LogP contribution is -2.34. The van der Waals surface area contributed by atoms with Crippen LogP contribution in [0.3, 0.4) is 0 Å². The van der Waals surface area contributed by atoms with Crippen LogP contribution in [0.15, 0.2) is 42.7 Å². The molecule has 0 spiro atoms. The van der Waals surface area contributed by atoms with Crippen LogP contribution in [0.1, 0.15) is 27.9 Å². The zero-order valence-electron chi connectivity index (χ0n) is 12.5. The average Bonchev–Trinajstić information content (AvgIpc) is 2.59. The van der Waals surface area contributed by atoms with Crippen molar-refractivity contribution < 1.29 is 14.7 Å². The molecule has 0 aliphatic carbocycles. The molecule has 0 unspecified atom stereocenters. The molecule has 6 nitrogen and oxygen atoms in total. The molecule has 0 fully saturated rings. The minimum Gasteiger partial charge on any atom is -0.465 e. The quantitative estimate of drug-likeness (QED) is 0.912. The number of anilines is 1. The van der Waals surface area contributed by atoms with Crippen molar-refractivity contribution in [1.29, 1.82) is 0 Å². The van der Waals surface area contributed by atoms with Crippen LogP contribution in [0.4, 0.5) is 10.5 Å². The van der Waals surface area contributed by atoms with Gasteiger partial charge in [0.25, 0.3) is 5.91 Å². The van der Waals surface area contributed by atoms with Gasteiger partial charge in [-0.1, -0.05) is 0 Å². The number of carbonyl (C=O) groups excluding carboxylic acids is 1. The lowest BCUT2D eigenvalue weighted by atomic mass is 9.99. The van der Waals surface area contributed by atoms with E-state index in [1.54, 1.807) is 30.6 Å². The Labute approximate surface area is 133 Å². The number of fused-ring (bicyclic) bond motifs is 1. The van der Waals surface area contributed by atoms with E-state index in [1.165, 1.54) is 4.90 Å². The Hall–Kier alpha value is -2.89. The van der Waals surface area contributed by atoms with Crippen molar-refractivity contribution in [1.82, 2.24) is 10.3 Å². The number of hydrogen-bond donors (Lipinski definition) is 2. The largest absolute Gasteiger partial charge is 0.465 e. The van der Waals surface area contributed by atoms with Crippen molar-refractivity contribution >= 4 is 17.7 Å². The highest BCUT2D eigenvalue weighted by molar-refractivity contribution is 5.96. The number of nitrogens with one attached hydrogen (secondary N) is 1. The van der Waals surface area contributed by atoms with Crippen LogP contribution in [0.5, 0.6) is 0 Å². The third-order valence-corrected chi connectivity index (χ3v) is 3.89. The molecule has 1 aliphatic rings. The molecule has 1 aromatic heterocycles. The average molecular weight is 311 g/mol. The summed E-state index contributed by atoms with van der Waals surface area (Å²) in [6.45, 7) is 0.926. The fourth-order valence-corrected chi connectivity index (χ4v) is 2.72. The molecule has 2 aromatic rings. The molecule has 118 valence electrons. The van der Waals surface area contributed by atoms with E-state index in [9.17, 15) is 14.7 Å². The van der Waals surface area contributed by atoms with E-state index in [1.807, 2.05) is 12.1 Å². The fourth-order valence-electron chi connectivity index (χ4n) is 2.72. The van der Waals surface area contributed by atoms with Gasteiger partial charge in [-0.3, -0.25) is 14.7 Å². The van der Waals surface area contributed by atoms with Crippen molar-refractivity contribution in [2.75, 3.05) is 11.4 Å². The van der Waals surface area contributed by atoms with E-state index in [-0.39, 0.29) is 5.91 Å². The normalized spacial score (nSPS) is 13.3. The second-order valence-corrected chi connectivity index (χ2v) is 5.42. The van der Waals surface area contributed by atoms with E-state index in [0.717, 1.165) is 24.0 Å². The summed E-state index contributed by atoms with van der Waals surface area (Å²) in [4.78, 5) is 28.8. The number of hydrogen-bond acceptors (Lipinski definition) is 3. The molecule has 1 aliphatic heterocycles. The van der Waals surface area contributed by atoms with Gasteiger partial charge in [0.2, 0.25) is 0 Å². The minimum absolute atomic E-state index is 0.169. The molecule has 0 saturated heterocycles. The highest BCUT2D eigenvalue weighted by Crippen LogP contribution is 2.28. The molecule has 23 heavy (non-hydrogen) atoms. The van der Waals surface area contributed by atoms with Gasteiger partial charge in [-0.25, -0.2) is 4.79 Å². The standard InChI is InChI=1S/C17H17N3O3/c21-16(19-11-12-5-7-18-8-6-12)14-3-4-15-13(10-14)2-1-9-20(15)17(22)23/h3-8,10H,1-2,9,11H2,(H,19,21)(H,22,23). The van der Waals surface area contributed by atoms with Crippen molar-refractivity contribution in [3.63, 3.8) is 0 Å². The van der Waals surface area contributed by atoms with Gasteiger partial charge in [0.05, 0.1) is 5.69 Å². The van der Waals surface area contributed by atoms with Crippen LogP contribution in [0.2, 0.25) is 0 Å². The van der Waals surface area contributed by atoms with Gasteiger partial charge in [-0.15, -0.1) is 0 Å². The number of pyridine rings is 1. The predicted molar refractivity (Wildman–Crippen MR) is 85.5 cm³/mol. The number of carboxylic acid groups (broad SMARTS) is 1. The van der Waals surface area contributed by atoms with E-state index in [0.29, 0.717) is 24.3 Å². The van der Waals surface area contributed by atoms with Gasteiger partial charge in [-0.05, 0) is 54.3 Å². The van der Waals surface area contributed by atoms with Crippen LogP contribution in [0, 0.1) is 0 Å². The molecule has 3 rings (SSSR count). The summed E-state index contributed by atoms with van der Waals surface area (Å²) in [5.74, 6) is -0.169. The number of rotatable bonds is 3. The highest BCUT2D eigenvalue weighted by Gasteiger charge is 2.22. The van der Waals surface area contributed by atoms with Crippen molar-refractivity contribution in [3.8, 4) is 0 Å². The van der Waals surface area contributed by atoms with Gasteiger partial charge in [0, 0.05) is 31.0 Å². The summed E-state index contributed by atoms with van der Waals surface area (Å²) in [5, 5.41) is 12.1. The maximum absolute atomic E-state index is 12.3. The lowest BCUT2D eigenvalue weighted by Gasteiger charge is -2.27. The number of aromatic nitrogens is 1. The van der Waals surface area contributed by atoms with Gasteiger partial charge < -0.3 is 10.4 Å². The van der Waals surface area contributed by atoms with E-state index < -0.39 is 6.09 Å². The number of amides is 2. The van der Waals surface area contributed by atoms with Crippen LogP contribution in [-0.2, 0) is 13.0 Å². The first-order valence-corrected chi connectivity index (χ1v) is 7.45. The molecule has 2 heterocycles. The van der Waals surface area contributed by atoms with Gasteiger partial charge in [0.1, 0.15) is 0 Å². The molecule has 2 N–H and O–H groups in total. The molecule has 0 radical (unpaired) electrons. The number of benzene rings is 1. The SMILES string of the molecule is O=C(NCc1ccncc1)c1ccc2c(c1)CCCN2C(=O)O. The Morgan fingerprint density at radius 2 is 2.00 bits per heavy atom. The summed E-state index contributed by atoms with van der Waals surface area (Å²) in [6.07, 6.45) is 3.95. The molecule has 1 aromatic carbocycles. The Bertz CT molecular complexity index is 731. The minimum atomic E-state index is -0.958. The molecule has 0 atom stereocenters. The van der Waals surface area contributed by atoms with E-state index >= 15 is 0 Å². The number of carbonyl (C=O) groups is 2. The number of nitrogens with zero attached hydrogens (tertiary/aromatic N) is 2. The second-order valence-electron chi connectivity index (χ2n) is 5.42. The molecular weight excluding hydrogens is 294 g/mol. The summed E-state index contributed by atoms with van der Waals surface area (Å²) in [7, 11) is 0. The maximum Gasteiger partial charge on any atom is 0.411 e. The summed E-state index contributed by atoms with van der Waals surface area (Å²) < 4.78 is 0. The zero-order valence-corrected chi connectivity index (χ0v) is 12.5. The first kappa shape index (κ1) is 15.0. The molecule has 0 bridgehead atoms. The van der Waals surface area contributed by atoms with Crippen molar-refractivity contribution in [2.24, 2.45) is 0 Å². The van der Waals surface area contributed by atoms with Gasteiger partial charge in [-0.2, -0.15) is 0 Å². The predicted octanol–water partition coefficient (Wildman–Crippen LogP) is 2.44. The maximum atomic E-state index is 12.3. The smallest absolute Gasteiger partial charge is 0.411 e. The summed E-state index contributed by atoms with van der Waals surface area (Å²) >= 11 is 0. The second kappa shape index (κ2) is 6.48. The Balaban J connectivity index is 1.73. The summed E-state index contributed by atoms with van der Waals surface area (Å²) in [6, 6.07) is 8.86. The molecule has 2 amide bonds. The first-order valence-electron chi connectivity index (χ1n) is 7.45. The van der Waals surface area contributed by atoms with Crippen LogP contribution < -0.4 is 10.2 Å². The third-order valence-electron chi connectivity index (χ3n) is 3.89. The Kier molecular flexibility index (Phi) is 4.23. The van der Waals surface area contributed by atoms with Crippen LogP contribution in [0.25, 0.3) is 0 Å². The number of aryl methyl sites for hydroxylation is 1. The van der Waals surface area contributed by atoms with E-state index in [2.05, 4.69) is 10.3 Å². The van der Waals surface area contributed by atoms with Crippen LogP contribution >= 0.6 is 0 Å². The molecule has 0 saturated carbocycles. The van der Waals surface area contributed by atoms with Gasteiger partial charge >= 0.3 is 6.09 Å². The zero-order chi connectivity index (χ0) is 16.2. The fraction of sp³-hybridized carbons (Fsp3) is 0.235. The van der Waals surface area contributed by atoms with Crippen molar-refractivity contribution in [3.05, 3.63) is 59.4 Å². The van der Waals surface area contributed by atoms with E-state index in [4.69, 9.17) is 0 Å². The molecular formula is C17H17N3O3. The molecule has 6 heteroatoms. The Morgan fingerprint density at radius 3 is 2.74 bits per heavy atom. The highest BCUT2D eigenvalue weighted by atomic mass is 16.4. The van der Waals surface area contributed by atoms with Crippen LogP contribution in [-0.4, -0.2) is 28.6 Å². The topological polar surface area (TPSA) is 82.5 Å². The van der Waals surface area contributed by atoms with Gasteiger partial charge in [0.15, 0.2) is 0 Å². The van der Waals surface area contributed by atoms with Crippen molar-refractivity contribution in [2.45, 2.75) is 19.4 Å². The lowest BCUT2D eigenvalue weighted by molar-refractivity contribution is 0.0951. The third kappa shape index (κ3) is 3.31. The first-order chi connectivity index (χ1) is 11.1. The summed E-state index contributed by atoms with van der Waals surface area (Å²) in [5.41, 5.74) is 3.10. The monoisotopic (exact) mass is 311 g/mol.